The quantitative estimate of drug-likeness (QED) is 0.172. The first-order chi connectivity index (χ1) is 19.2. The summed E-state index contributed by atoms with van der Waals surface area (Å²) >= 11 is 0. The second kappa shape index (κ2) is 15.6. The van der Waals surface area contributed by atoms with E-state index in [-0.39, 0.29) is 48.6 Å². The molecule has 0 aromatic heterocycles. The molecule has 0 amide bonds. The summed E-state index contributed by atoms with van der Waals surface area (Å²) in [5.41, 5.74) is 5.23. The highest BCUT2D eigenvalue weighted by molar-refractivity contribution is 5.76. The van der Waals surface area contributed by atoms with E-state index in [2.05, 4.69) is 0 Å². The number of ether oxygens (including phenoxy) is 7. The van der Waals surface area contributed by atoms with Gasteiger partial charge in [-0.05, 0) is 62.1 Å². The number of hydrogen-bond donors (Lipinski definition) is 1. The molecule has 0 heterocycles. The lowest BCUT2D eigenvalue weighted by Gasteiger charge is -2.24. The molecule has 12 nitrogen and oxygen atoms in total. The number of carbonyl (C=O) groups excluding carboxylic acids is 4. The van der Waals surface area contributed by atoms with Crippen LogP contribution >= 0.6 is 0 Å². The van der Waals surface area contributed by atoms with Crippen LogP contribution in [0.15, 0.2) is 18.2 Å². The van der Waals surface area contributed by atoms with E-state index in [1.807, 2.05) is 48.5 Å². The van der Waals surface area contributed by atoms with Crippen molar-refractivity contribution in [3.63, 3.8) is 0 Å². The third-order valence-electron chi connectivity index (χ3n) is 5.37. The van der Waals surface area contributed by atoms with Gasteiger partial charge in [0.25, 0.3) is 0 Å². The second-order valence-electron chi connectivity index (χ2n) is 13.0. The van der Waals surface area contributed by atoms with Gasteiger partial charge in [-0.2, -0.15) is 0 Å². The molecular weight excluding hydrogens is 550 g/mol. The van der Waals surface area contributed by atoms with Crippen molar-refractivity contribution < 1.29 is 52.3 Å². The first-order valence-corrected chi connectivity index (χ1v) is 13.8. The molecule has 0 fully saturated rings. The maximum Gasteiger partial charge on any atom is 0.513 e. The van der Waals surface area contributed by atoms with Gasteiger partial charge in [0.15, 0.2) is 11.5 Å². The van der Waals surface area contributed by atoms with Crippen LogP contribution in [-0.4, -0.2) is 62.0 Å². The molecule has 0 spiro atoms. The smallest absolute Gasteiger partial charge is 0.461 e. The van der Waals surface area contributed by atoms with E-state index in [0.29, 0.717) is 12.0 Å². The molecule has 0 saturated heterocycles. The van der Waals surface area contributed by atoms with Crippen LogP contribution in [0.2, 0.25) is 0 Å². The predicted molar refractivity (Wildman–Crippen MR) is 153 cm³/mol. The Morgan fingerprint density at radius 3 is 1.81 bits per heavy atom. The number of nitrogens with two attached hydrogens (primary N) is 1. The fourth-order valence-corrected chi connectivity index (χ4v) is 2.80. The van der Waals surface area contributed by atoms with Gasteiger partial charge in [0.2, 0.25) is 0 Å². The zero-order valence-electron chi connectivity index (χ0n) is 26.5. The molecule has 1 aromatic rings. The number of hydrogen-bond acceptors (Lipinski definition) is 12. The van der Waals surface area contributed by atoms with Gasteiger partial charge in [-0.3, -0.25) is 4.79 Å². The summed E-state index contributed by atoms with van der Waals surface area (Å²) in [4.78, 5) is 49.0. The van der Waals surface area contributed by atoms with Gasteiger partial charge in [0, 0.05) is 0 Å². The van der Waals surface area contributed by atoms with Crippen molar-refractivity contribution in [1.29, 1.82) is 0 Å². The molecule has 12 heteroatoms. The topological polar surface area (TPSA) is 159 Å². The SMILES string of the molecule is CCC(C)(C)OC(=O)O[C@@H](C)COC(=O)[C@@H](N)Cc1ccc(OC(=O)OCC(C)(C)C)c(OC(=O)OCC(C)(C)C)c1. The Morgan fingerprint density at radius 1 is 0.786 bits per heavy atom. The Bertz CT molecular complexity index is 1070. The molecular formula is C30H47NO11. The molecule has 0 bridgehead atoms. The van der Waals surface area contributed by atoms with Crippen LogP contribution in [0.5, 0.6) is 11.5 Å². The van der Waals surface area contributed by atoms with Gasteiger partial charge in [-0.25, -0.2) is 14.4 Å². The molecule has 0 aliphatic rings. The van der Waals surface area contributed by atoms with E-state index < -0.39 is 42.2 Å². The minimum Gasteiger partial charge on any atom is -0.461 e. The normalized spacial score (nSPS) is 13.3. The third kappa shape index (κ3) is 15.5. The highest BCUT2D eigenvalue weighted by Crippen LogP contribution is 2.30. The highest BCUT2D eigenvalue weighted by atomic mass is 16.8. The van der Waals surface area contributed by atoms with Crippen LogP contribution in [0, 0.1) is 10.8 Å². The van der Waals surface area contributed by atoms with E-state index in [1.165, 1.54) is 12.1 Å². The molecule has 0 radical (unpaired) electrons. The van der Waals surface area contributed by atoms with Crippen LogP contribution in [0.25, 0.3) is 0 Å². The van der Waals surface area contributed by atoms with E-state index in [1.54, 1.807) is 26.8 Å². The zero-order valence-corrected chi connectivity index (χ0v) is 26.5. The highest BCUT2D eigenvalue weighted by Gasteiger charge is 2.25. The Labute approximate surface area is 248 Å². The van der Waals surface area contributed by atoms with Crippen molar-refractivity contribution in [3.05, 3.63) is 23.8 Å². The Morgan fingerprint density at radius 2 is 1.31 bits per heavy atom. The van der Waals surface area contributed by atoms with Gasteiger partial charge in [0.1, 0.15) is 24.4 Å². The molecule has 2 atom stereocenters. The Hall–Kier alpha value is -3.54. The molecule has 0 saturated carbocycles. The monoisotopic (exact) mass is 597 g/mol. The van der Waals surface area contributed by atoms with Gasteiger partial charge >= 0.3 is 24.4 Å². The molecule has 238 valence electrons. The second-order valence-corrected chi connectivity index (χ2v) is 13.0. The minimum atomic E-state index is -1.10. The van der Waals surface area contributed by atoms with Gasteiger partial charge in [-0.1, -0.05) is 54.5 Å². The minimum absolute atomic E-state index is 0.0110. The van der Waals surface area contributed by atoms with E-state index in [0.717, 1.165) is 0 Å². The summed E-state index contributed by atoms with van der Waals surface area (Å²) in [5, 5.41) is 0. The van der Waals surface area contributed by atoms with Crippen LogP contribution in [0.4, 0.5) is 14.4 Å². The van der Waals surface area contributed by atoms with Crippen LogP contribution in [0.3, 0.4) is 0 Å². The fourth-order valence-electron chi connectivity index (χ4n) is 2.80. The lowest BCUT2D eigenvalue weighted by Crippen LogP contribution is -2.36. The van der Waals surface area contributed by atoms with Gasteiger partial charge in [-0.15, -0.1) is 0 Å². The number of benzene rings is 1. The molecule has 1 aromatic carbocycles. The van der Waals surface area contributed by atoms with Crippen LogP contribution < -0.4 is 15.2 Å². The molecule has 0 aliphatic carbocycles. The average Bonchev–Trinajstić information content (AvgIpc) is 2.85. The average molecular weight is 598 g/mol. The molecule has 2 N–H and O–H groups in total. The number of esters is 1. The standard InChI is InChI=1S/C30H47NO11/c1-11-30(9,10)42-27(35)39-19(2)16-36-24(32)21(31)14-20-12-13-22(40-25(33)37-17-28(3,4)5)23(15-20)41-26(34)38-18-29(6,7)8/h12-13,15,19,21H,11,14,16-18,31H2,1-10H3/t19-,21-/m0/s1. The Kier molecular flexibility index (Phi) is 13.6. The van der Waals surface area contributed by atoms with Gasteiger partial charge in [0.05, 0.1) is 13.2 Å². The maximum atomic E-state index is 12.5. The van der Waals surface area contributed by atoms with E-state index in [4.69, 9.17) is 38.9 Å². The van der Waals surface area contributed by atoms with Crippen LogP contribution in [0.1, 0.15) is 81.2 Å². The van der Waals surface area contributed by atoms with Crippen molar-refractivity contribution in [2.45, 2.75) is 99.8 Å². The lowest BCUT2D eigenvalue weighted by molar-refractivity contribution is -0.148. The molecule has 1 rings (SSSR count). The lowest BCUT2D eigenvalue weighted by atomic mass is 9.99. The summed E-state index contributed by atoms with van der Waals surface area (Å²) in [6, 6.07) is 3.23. The number of carbonyl (C=O) groups is 4. The fraction of sp³-hybridized carbons (Fsp3) is 0.667. The van der Waals surface area contributed by atoms with E-state index in [9.17, 15) is 19.2 Å². The summed E-state index contributed by atoms with van der Waals surface area (Å²) in [6.45, 7) is 18.2. The third-order valence-corrected chi connectivity index (χ3v) is 5.37. The van der Waals surface area contributed by atoms with Crippen molar-refractivity contribution in [2.75, 3.05) is 19.8 Å². The molecule has 0 unspecified atom stereocenters. The molecule has 42 heavy (non-hydrogen) atoms. The summed E-state index contributed by atoms with van der Waals surface area (Å²) in [7, 11) is 0. The Balaban J connectivity index is 2.89. The van der Waals surface area contributed by atoms with E-state index >= 15 is 0 Å². The van der Waals surface area contributed by atoms with Crippen molar-refractivity contribution in [3.8, 4) is 11.5 Å². The maximum absolute atomic E-state index is 12.5. The summed E-state index contributed by atoms with van der Waals surface area (Å²) < 4.78 is 36.4. The van der Waals surface area contributed by atoms with Crippen molar-refractivity contribution in [1.82, 2.24) is 0 Å². The predicted octanol–water partition coefficient (Wildman–Crippen LogP) is 5.95. The van der Waals surface area contributed by atoms with Crippen molar-refractivity contribution >= 4 is 24.4 Å². The summed E-state index contributed by atoms with van der Waals surface area (Å²) in [6.07, 6.45) is -3.04. The van der Waals surface area contributed by atoms with Crippen molar-refractivity contribution in [2.24, 2.45) is 16.6 Å². The molecule has 0 aliphatic heterocycles. The van der Waals surface area contributed by atoms with Crippen LogP contribution in [-0.2, 0) is 34.9 Å². The van der Waals surface area contributed by atoms with Gasteiger partial charge < -0.3 is 38.9 Å². The summed E-state index contributed by atoms with van der Waals surface area (Å²) in [5.74, 6) is -0.966. The zero-order chi connectivity index (χ0) is 32.3. The number of rotatable bonds is 12. The first-order valence-electron chi connectivity index (χ1n) is 13.8. The largest absolute Gasteiger partial charge is 0.513 e. The first kappa shape index (κ1) is 36.5.